The van der Waals surface area contributed by atoms with Crippen molar-refractivity contribution in [2.75, 3.05) is 13.1 Å². The maximum atomic E-state index is 12.7. The first-order chi connectivity index (χ1) is 14.3. The number of hydrogen-bond donors (Lipinski definition) is 1. The van der Waals surface area contributed by atoms with Crippen molar-refractivity contribution < 1.29 is 13.2 Å². The molecule has 2 aliphatic rings. The van der Waals surface area contributed by atoms with E-state index in [0.29, 0.717) is 48.6 Å². The largest absolute Gasteiger partial charge is 0.356 e. The van der Waals surface area contributed by atoms with Gasteiger partial charge in [0.2, 0.25) is 0 Å². The summed E-state index contributed by atoms with van der Waals surface area (Å²) in [5.41, 5.74) is 2.66. The van der Waals surface area contributed by atoms with Crippen molar-refractivity contribution in [3.63, 3.8) is 0 Å². The molecule has 1 aromatic carbocycles. The lowest BCUT2D eigenvalue weighted by atomic mass is 10.0. The van der Waals surface area contributed by atoms with Crippen LogP contribution in [-0.4, -0.2) is 54.0 Å². The van der Waals surface area contributed by atoms with E-state index in [1.54, 1.807) is 29.9 Å². The van der Waals surface area contributed by atoms with Crippen molar-refractivity contribution in [2.24, 2.45) is 11.4 Å². The highest BCUT2D eigenvalue weighted by molar-refractivity contribution is 8.00. The summed E-state index contributed by atoms with van der Waals surface area (Å²) in [6.07, 6.45) is 1.43. The number of aryl methyl sites for hydroxylation is 2. The van der Waals surface area contributed by atoms with Crippen molar-refractivity contribution in [1.29, 1.82) is 0 Å². The summed E-state index contributed by atoms with van der Waals surface area (Å²) in [5.74, 6) is 0.333. The van der Waals surface area contributed by atoms with E-state index in [1.165, 1.54) is 0 Å². The van der Waals surface area contributed by atoms with Gasteiger partial charge < -0.3 is 10.2 Å². The van der Waals surface area contributed by atoms with Crippen LogP contribution in [0.1, 0.15) is 41.5 Å². The molecule has 0 atom stereocenters. The van der Waals surface area contributed by atoms with E-state index in [1.807, 2.05) is 36.9 Å². The number of amidine groups is 1. The smallest absolute Gasteiger partial charge is 0.285 e. The minimum atomic E-state index is -3.71. The molecule has 158 valence electrons. The number of amides is 1. The van der Waals surface area contributed by atoms with Crippen LogP contribution in [0.3, 0.4) is 0 Å². The number of carbonyl (C=O) groups is 1. The summed E-state index contributed by atoms with van der Waals surface area (Å²) in [7, 11) is -1.91. The van der Waals surface area contributed by atoms with E-state index in [0.717, 1.165) is 5.69 Å². The van der Waals surface area contributed by atoms with Gasteiger partial charge in [-0.15, -0.1) is 4.40 Å². The first kappa shape index (κ1) is 20.3. The molecule has 2 aromatic rings. The highest BCUT2D eigenvalue weighted by atomic mass is 32.2. The van der Waals surface area contributed by atoms with Gasteiger partial charge >= 0.3 is 0 Å². The van der Waals surface area contributed by atoms with Crippen LogP contribution in [0.5, 0.6) is 0 Å². The van der Waals surface area contributed by atoms with Gasteiger partial charge in [-0.05, 0) is 38.3 Å². The Balaban J connectivity index is 1.44. The van der Waals surface area contributed by atoms with Gasteiger partial charge in [0.1, 0.15) is 16.4 Å². The SMILES string of the molecule is CC1=C(c2ccccc2)S(=O)(=O)N=C1N1CCC(NC(=O)c2cc(C)n(C)n2)CC1. The molecule has 3 heterocycles. The Morgan fingerprint density at radius 3 is 2.40 bits per heavy atom. The summed E-state index contributed by atoms with van der Waals surface area (Å²) < 4.78 is 31.1. The minimum absolute atomic E-state index is 0.0209. The lowest BCUT2D eigenvalue weighted by Crippen LogP contribution is -2.46. The normalized spacial score (nSPS) is 19.2. The van der Waals surface area contributed by atoms with Gasteiger partial charge in [0, 0.05) is 37.4 Å². The van der Waals surface area contributed by atoms with E-state index in [4.69, 9.17) is 0 Å². The van der Waals surface area contributed by atoms with E-state index in [-0.39, 0.29) is 16.9 Å². The van der Waals surface area contributed by atoms with Crippen molar-refractivity contribution >= 4 is 26.7 Å². The van der Waals surface area contributed by atoms with Crippen LogP contribution in [0.25, 0.3) is 4.91 Å². The first-order valence-electron chi connectivity index (χ1n) is 9.94. The van der Waals surface area contributed by atoms with Gasteiger partial charge in [0.25, 0.3) is 15.9 Å². The topological polar surface area (TPSA) is 96.7 Å². The second-order valence-electron chi connectivity index (χ2n) is 7.74. The van der Waals surface area contributed by atoms with Gasteiger partial charge in [0.15, 0.2) is 0 Å². The number of benzene rings is 1. The number of aromatic nitrogens is 2. The summed E-state index contributed by atoms with van der Waals surface area (Å²) in [4.78, 5) is 14.7. The van der Waals surface area contributed by atoms with Crippen LogP contribution in [0.15, 0.2) is 46.4 Å². The van der Waals surface area contributed by atoms with E-state index >= 15 is 0 Å². The lowest BCUT2D eigenvalue weighted by Gasteiger charge is -2.33. The monoisotopic (exact) mass is 427 g/mol. The highest BCUT2D eigenvalue weighted by Gasteiger charge is 2.35. The van der Waals surface area contributed by atoms with Gasteiger partial charge in [-0.25, -0.2) is 0 Å². The maximum Gasteiger partial charge on any atom is 0.285 e. The van der Waals surface area contributed by atoms with E-state index < -0.39 is 10.0 Å². The van der Waals surface area contributed by atoms with E-state index in [2.05, 4.69) is 14.8 Å². The van der Waals surface area contributed by atoms with Crippen LogP contribution in [0.2, 0.25) is 0 Å². The van der Waals surface area contributed by atoms with Crippen LogP contribution >= 0.6 is 0 Å². The molecule has 8 nitrogen and oxygen atoms in total. The Kier molecular flexibility index (Phi) is 5.23. The number of nitrogens with one attached hydrogen (secondary N) is 1. The average Bonchev–Trinajstić information content (AvgIpc) is 3.18. The fourth-order valence-electron chi connectivity index (χ4n) is 3.94. The zero-order valence-corrected chi connectivity index (χ0v) is 18.1. The standard InChI is InChI=1S/C21H25N5O3S/c1-14-13-18(23-25(14)3)21(27)22-17-9-11-26(12-10-17)20-15(2)19(30(28,29)24-20)16-7-5-4-6-8-16/h4-8,13,17H,9-12H2,1-3H3,(H,22,27). The molecule has 0 saturated carbocycles. The molecular weight excluding hydrogens is 402 g/mol. The molecule has 0 unspecified atom stereocenters. The molecule has 0 bridgehead atoms. The van der Waals surface area contributed by atoms with Gasteiger partial charge in [-0.3, -0.25) is 9.48 Å². The molecule has 9 heteroatoms. The van der Waals surface area contributed by atoms with Crippen LogP contribution in [0.4, 0.5) is 0 Å². The Labute approximate surface area is 176 Å². The molecule has 0 aliphatic carbocycles. The summed E-state index contributed by atoms with van der Waals surface area (Å²) >= 11 is 0. The third-order valence-electron chi connectivity index (χ3n) is 5.65. The van der Waals surface area contributed by atoms with Gasteiger partial charge in [-0.2, -0.15) is 13.5 Å². The molecule has 30 heavy (non-hydrogen) atoms. The summed E-state index contributed by atoms with van der Waals surface area (Å²) in [5, 5.41) is 7.26. The summed E-state index contributed by atoms with van der Waals surface area (Å²) in [6.45, 7) is 4.96. The zero-order valence-electron chi connectivity index (χ0n) is 17.3. The lowest BCUT2D eigenvalue weighted by molar-refractivity contribution is 0.0916. The van der Waals surface area contributed by atoms with Crippen molar-refractivity contribution in [2.45, 2.75) is 32.7 Å². The van der Waals surface area contributed by atoms with Gasteiger partial charge in [-0.1, -0.05) is 30.3 Å². The molecule has 1 aromatic heterocycles. The number of nitrogens with zero attached hydrogens (tertiary/aromatic N) is 4. The van der Waals surface area contributed by atoms with Crippen LogP contribution < -0.4 is 5.32 Å². The fourth-order valence-corrected chi connectivity index (χ4v) is 5.42. The molecule has 1 amide bonds. The Morgan fingerprint density at radius 1 is 1.13 bits per heavy atom. The van der Waals surface area contributed by atoms with Crippen molar-refractivity contribution in [1.82, 2.24) is 20.0 Å². The number of sulfonamides is 1. The maximum absolute atomic E-state index is 12.7. The Bertz CT molecular complexity index is 1120. The third-order valence-corrected chi connectivity index (χ3v) is 7.12. The molecular formula is C21H25N5O3S. The molecule has 0 radical (unpaired) electrons. The summed E-state index contributed by atoms with van der Waals surface area (Å²) in [6, 6.07) is 10.9. The number of carbonyl (C=O) groups excluding carboxylic acids is 1. The quantitative estimate of drug-likeness (QED) is 0.809. The number of hydrogen-bond acceptors (Lipinski definition) is 5. The number of likely N-dealkylation sites (tertiary alicyclic amines) is 1. The predicted molar refractivity (Wildman–Crippen MR) is 115 cm³/mol. The van der Waals surface area contributed by atoms with E-state index in [9.17, 15) is 13.2 Å². The van der Waals surface area contributed by atoms with Crippen molar-refractivity contribution in [3.05, 3.63) is 58.9 Å². The Hall–Kier alpha value is -2.94. The number of rotatable bonds is 3. The van der Waals surface area contributed by atoms with Crippen molar-refractivity contribution in [3.8, 4) is 0 Å². The fraction of sp³-hybridized carbons (Fsp3) is 0.381. The van der Waals surface area contributed by atoms with Crippen LogP contribution in [0, 0.1) is 6.92 Å². The number of piperidine rings is 1. The second kappa shape index (κ2) is 7.71. The molecule has 1 fully saturated rings. The highest BCUT2D eigenvalue weighted by Crippen LogP contribution is 2.34. The van der Waals surface area contributed by atoms with Crippen LogP contribution in [-0.2, 0) is 17.1 Å². The average molecular weight is 428 g/mol. The second-order valence-corrected chi connectivity index (χ2v) is 9.28. The first-order valence-corrected chi connectivity index (χ1v) is 11.4. The van der Waals surface area contributed by atoms with Gasteiger partial charge in [0.05, 0.1) is 0 Å². The molecule has 4 rings (SSSR count). The molecule has 1 saturated heterocycles. The third kappa shape index (κ3) is 3.77. The molecule has 1 N–H and O–H groups in total. The molecule has 0 spiro atoms. The molecule has 2 aliphatic heterocycles. The zero-order chi connectivity index (χ0) is 21.5. The minimum Gasteiger partial charge on any atom is -0.356 e. The predicted octanol–water partition coefficient (Wildman–Crippen LogP) is 2.10. The Morgan fingerprint density at radius 2 is 1.80 bits per heavy atom.